The van der Waals surface area contributed by atoms with Crippen LogP contribution in [0.4, 0.5) is 0 Å². The highest BCUT2D eigenvalue weighted by atomic mass is 32.2. The summed E-state index contributed by atoms with van der Waals surface area (Å²) < 4.78 is 27.8. The molecule has 2 atom stereocenters. The maximum absolute atomic E-state index is 11.4. The van der Waals surface area contributed by atoms with Crippen LogP contribution >= 0.6 is 0 Å². The second kappa shape index (κ2) is 2.83. The molecule has 0 aliphatic carbocycles. The molecule has 6 heteroatoms. The molecule has 0 N–H and O–H groups in total. The zero-order valence-corrected chi connectivity index (χ0v) is 8.71. The number of hydrogen-bond acceptors (Lipinski definition) is 5. The van der Waals surface area contributed by atoms with E-state index in [-0.39, 0.29) is 23.5 Å². The van der Waals surface area contributed by atoms with Crippen molar-refractivity contribution in [3.8, 4) is 6.07 Å². The Kier molecular flexibility index (Phi) is 1.92. The summed E-state index contributed by atoms with van der Waals surface area (Å²) in [5.41, 5.74) is -0.922. The summed E-state index contributed by atoms with van der Waals surface area (Å²) in [6.07, 6.45) is 0.142. The largest absolute Gasteiger partial charge is 0.453 e. The van der Waals surface area contributed by atoms with Crippen molar-refractivity contribution in [1.82, 2.24) is 0 Å². The summed E-state index contributed by atoms with van der Waals surface area (Å²) in [7, 11) is -3.29. The Morgan fingerprint density at radius 1 is 1.60 bits per heavy atom. The van der Waals surface area contributed by atoms with E-state index in [2.05, 4.69) is 6.58 Å². The summed E-state index contributed by atoms with van der Waals surface area (Å²) >= 11 is 0. The van der Waals surface area contributed by atoms with Gasteiger partial charge in [0, 0.05) is 12.0 Å². The van der Waals surface area contributed by atoms with Crippen molar-refractivity contribution in [3.63, 3.8) is 0 Å². The molecule has 80 valence electrons. The lowest BCUT2D eigenvalue weighted by atomic mass is 9.88. The van der Waals surface area contributed by atoms with Crippen LogP contribution in [0.5, 0.6) is 0 Å². The highest BCUT2D eigenvalue weighted by Crippen LogP contribution is 2.42. The molecule has 2 heterocycles. The van der Waals surface area contributed by atoms with Gasteiger partial charge in [0.05, 0.1) is 17.6 Å². The molecular weight excluding hydrogens is 218 g/mol. The number of carbonyl (C=O) groups excluding carboxylic acids is 1. The summed E-state index contributed by atoms with van der Waals surface area (Å²) in [4.78, 5) is 11.2. The highest BCUT2D eigenvalue weighted by Gasteiger charge is 2.57. The quantitative estimate of drug-likeness (QED) is 0.422. The number of carbonyl (C=O) groups is 1. The molecule has 0 radical (unpaired) electrons. The number of ether oxygens (including phenoxy) is 1. The topological polar surface area (TPSA) is 84.2 Å². The van der Waals surface area contributed by atoms with Gasteiger partial charge in [-0.3, -0.25) is 0 Å². The number of hydrogen-bond donors (Lipinski definition) is 0. The van der Waals surface area contributed by atoms with Crippen molar-refractivity contribution in [2.45, 2.75) is 12.0 Å². The van der Waals surface area contributed by atoms with Crippen LogP contribution in [-0.4, -0.2) is 31.5 Å². The average Bonchev–Trinajstić information content (AvgIpc) is 2.51. The van der Waals surface area contributed by atoms with Crippen molar-refractivity contribution >= 4 is 15.8 Å². The van der Waals surface area contributed by atoms with E-state index in [4.69, 9.17) is 10.00 Å². The van der Waals surface area contributed by atoms with Gasteiger partial charge in [0.15, 0.2) is 9.84 Å². The van der Waals surface area contributed by atoms with E-state index in [9.17, 15) is 13.2 Å². The van der Waals surface area contributed by atoms with Crippen molar-refractivity contribution in [3.05, 3.63) is 12.2 Å². The Morgan fingerprint density at radius 2 is 2.27 bits per heavy atom. The van der Waals surface area contributed by atoms with Crippen LogP contribution < -0.4 is 0 Å². The summed E-state index contributed by atoms with van der Waals surface area (Å²) in [6.45, 7) is 3.49. The molecule has 0 bridgehead atoms. The predicted octanol–water partition coefficient (Wildman–Crippen LogP) is -0.204. The Labute approximate surface area is 87.3 Å². The van der Waals surface area contributed by atoms with Gasteiger partial charge in [-0.05, 0) is 0 Å². The van der Waals surface area contributed by atoms with Gasteiger partial charge in [-0.15, -0.1) is 0 Å². The predicted molar refractivity (Wildman–Crippen MR) is 50.3 cm³/mol. The molecule has 0 amide bonds. The zero-order valence-electron chi connectivity index (χ0n) is 7.89. The van der Waals surface area contributed by atoms with Crippen molar-refractivity contribution in [2.75, 3.05) is 11.5 Å². The summed E-state index contributed by atoms with van der Waals surface area (Å²) in [6, 6.07) is 1.90. The second-order valence-electron chi connectivity index (χ2n) is 3.97. The molecule has 2 saturated heterocycles. The molecule has 2 aliphatic rings. The zero-order chi connectivity index (χ0) is 11.3. The van der Waals surface area contributed by atoms with Gasteiger partial charge < -0.3 is 4.74 Å². The average molecular weight is 227 g/mol. The Hall–Kier alpha value is -1.35. The minimum absolute atomic E-state index is 0.142. The van der Waals surface area contributed by atoms with Crippen molar-refractivity contribution in [1.29, 1.82) is 5.26 Å². The number of nitrogens with zero attached hydrogens (tertiary/aromatic N) is 1. The smallest absolute Gasteiger partial charge is 0.334 e. The van der Waals surface area contributed by atoms with Crippen LogP contribution in [0.15, 0.2) is 12.2 Å². The number of sulfone groups is 1. The van der Waals surface area contributed by atoms with E-state index in [0.717, 1.165) is 0 Å². The van der Waals surface area contributed by atoms with E-state index >= 15 is 0 Å². The van der Waals surface area contributed by atoms with Gasteiger partial charge >= 0.3 is 5.97 Å². The third-order valence-electron chi connectivity index (χ3n) is 2.77. The molecule has 2 fully saturated rings. The van der Waals surface area contributed by atoms with Gasteiger partial charge in [0.2, 0.25) is 0 Å². The monoisotopic (exact) mass is 227 g/mol. The summed E-state index contributed by atoms with van der Waals surface area (Å²) in [5, 5.41) is 8.86. The van der Waals surface area contributed by atoms with E-state index in [1.165, 1.54) is 0 Å². The van der Waals surface area contributed by atoms with Crippen LogP contribution in [0.2, 0.25) is 0 Å². The van der Waals surface area contributed by atoms with Gasteiger partial charge in [-0.2, -0.15) is 5.26 Å². The molecule has 1 spiro atoms. The molecule has 2 unspecified atom stereocenters. The maximum Gasteiger partial charge on any atom is 0.334 e. The lowest BCUT2D eigenvalue weighted by molar-refractivity contribution is -0.146. The first kappa shape index (κ1) is 10.2. The van der Waals surface area contributed by atoms with Crippen LogP contribution in [0.25, 0.3) is 0 Å². The first-order valence-electron chi connectivity index (χ1n) is 4.40. The van der Waals surface area contributed by atoms with E-state index in [0.29, 0.717) is 0 Å². The van der Waals surface area contributed by atoms with E-state index in [1.807, 2.05) is 6.07 Å². The fourth-order valence-electron chi connectivity index (χ4n) is 2.09. The summed E-state index contributed by atoms with van der Waals surface area (Å²) in [5.74, 6) is -1.86. The molecular formula is C9H9NO4S. The third-order valence-corrected chi connectivity index (χ3v) is 4.54. The fraction of sp³-hybridized carbons (Fsp3) is 0.556. The van der Waals surface area contributed by atoms with E-state index in [1.54, 1.807) is 0 Å². The lowest BCUT2D eigenvalue weighted by Crippen LogP contribution is -2.36. The SMILES string of the molecule is C=C1CC2(CS(=O)(=O)CC2C#N)OC1=O. The molecule has 0 aromatic rings. The molecule has 15 heavy (non-hydrogen) atoms. The maximum atomic E-state index is 11.4. The highest BCUT2D eigenvalue weighted by molar-refractivity contribution is 7.91. The molecule has 0 saturated carbocycles. The first-order chi connectivity index (χ1) is 6.88. The molecule has 0 aromatic heterocycles. The molecule has 2 rings (SSSR count). The molecule has 2 aliphatic heterocycles. The normalized spacial score (nSPS) is 37.9. The van der Waals surface area contributed by atoms with E-state index < -0.39 is 27.3 Å². The van der Waals surface area contributed by atoms with Gasteiger partial charge in [0.25, 0.3) is 0 Å². The van der Waals surface area contributed by atoms with Crippen LogP contribution in [0, 0.1) is 17.2 Å². The van der Waals surface area contributed by atoms with Crippen LogP contribution in [-0.2, 0) is 19.4 Å². The lowest BCUT2D eigenvalue weighted by Gasteiger charge is -2.22. The number of rotatable bonds is 0. The van der Waals surface area contributed by atoms with Crippen molar-refractivity contribution in [2.24, 2.45) is 5.92 Å². The van der Waals surface area contributed by atoms with Crippen molar-refractivity contribution < 1.29 is 17.9 Å². The van der Waals surface area contributed by atoms with Gasteiger partial charge in [-0.25, -0.2) is 13.2 Å². The Balaban J connectivity index is 2.42. The first-order valence-corrected chi connectivity index (χ1v) is 6.22. The minimum Gasteiger partial charge on any atom is -0.453 e. The Morgan fingerprint density at radius 3 is 2.73 bits per heavy atom. The fourth-order valence-corrected chi connectivity index (χ4v) is 4.20. The molecule has 5 nitrogen and oxygen atoms in total. The number of nitriles is 1. The third kappa shape index (κ3) is 1.43. The Bertz CT molecular complexity index is 469. The van der Waals surface area contributed by atoms with Gasteiger partial charge in [0.1, 0.15) is 11.5 Å². The van der Waals surface area contributed by atoms with Crippen LogP contribution in [0.1, 0.15) is 6.42 Å². The second-order valence-corrected chi connectivity index (χ2v) is 6.08. The molecule has 0 aromatic carbocycles. The minimum atomic E-state index is -3.29. The standard InChI is InChI=1S/C9H9NO4S/c1-6-2-9(14-8(6)11)5-15(12,13)4-7(9)3-10/h7H,1-2,4-5H2. The number of esters is 1. The van der Waals surface area contributed by atoms with Gasteiger partial charge in [-0.1, -0.05) is 6.58 Å². The van der Waals surface area contributed by atoms with Crippen LogP contribution in [0.3, 0.4) is 0 Å².